The molecule has 0 saturated heterocycles. The zero-order chi connectivity index (χ0) is 23.2. The Bertz CT molecular complexity index is 1270. The number of rotatable bonds is 8. The van der Waals surface area contributed by atoms with Gasteiger partial charge in [-0.05, 0) is 46.4 Å². The van der Waals surface area contributed by atoms with Gasteiger partial charge in [0.05, 0.1) is 6.04 Å². The molecule has 166 valence electrons. The first-order valence-electron chi connectivity index (χ1n) is 10.9. The van der Waals surface area contributed by atoms with Gasteiger partial charge in [-0.3, -0.25) is 9.59 Å². The zero-order valence-corrected chi connectivity index (χ0v) is 18.1. The first-order chi connectivity index (χ1) is 16.0. The second-order valence-electron chi connectivity index (χ2n) is 8.13. The molecule has 0 aliphatic carbocycles. The fourth-order valence-corrected chi connectivity index (χ4v) is 4.02. The van der Waals surface area contributed by atoms with E-state index in [4.69, 9.17) is 5.73 Å². The summed E-state index contributed by atoms with van der Waals surface area (Å²) < 4.78 is 0. The SMILES string of the molecule is NC(=O)[C@@H](O)C(Cc1ccccc1)NC(=O)c1ccccc1Cc1ccc2ccccc2c1. The molecule has 2 amide bonds. The lowest BCUT2D eigenvalue weighted by atomic mass is 9.96. The van der Waals surface area contributed by atoms with Crippen molar-refractivity contribution in [2.24, 2.45) is 5.73 Å². The van der Waals surface area contributed by atoms with E-state index < -0.39 is 18.1 Å². The minimum atomic E-state index is -1.50. The van der Waals surface area contributed by atoms with Crippen molar-refractivity contribution in [1.29, 1.82) is 0 Å². The van der Waals surface area contributed by atoms with Crippen molar-refractivity contribution in [3.05, 3.63) is 119 Å². The molecule has 5 nitrogen and oxygen atoms in total. The molecule has 0 spiro atoms. The summed E-state index contributed by atoms with van der Waals surface area (Å²) in [7, 11) is 0. The van der Waals surface area contributed by atoms with Crippen molar-refractivity contribution >= 4 is 22.6 Å². The van der Waals surface area contributed by atoms with Gasteiger partial charge in [0.15, 0.2) is 6.10 Å². The van der Waals surface area contributed by atoms with Crippen molar-refractivity contribution in [1.82, 2.24) is 5.32 Å². The van der Waals surface area contributed by atoms with Gasteiger partial charge in [0.1, 0.15) is 0 Å². The number of benzene rings is 4. The molecule has 1 unspecified atom stereocenters. The summed E-state index contributed by atoms with van der Waals surface area (Å²) in [5.41, 5.74) is 8.67. The van der Waals surface area contributed by atoms with Crippen LogP contribution in [0.5, 0.6) is 0 Å². The van der Waals surface area contributed by atoms with E-state index in [0.29, 0.717) is 12.0 Å². The Balaban J connectivity index is 1.57. The molecular weight excluding hydrogens is 412 g/mol. The Kier molecular flexibility index (Phi) is 6.81. The number of nitrogens with one attached hydrogen (secondary N) is 1. The van der Waals surface area contributed by atoms with Crippen LogP contribution in [-0.4, -0.2) is 29.1 Å². The maximum absolute atomic E-state index is 13.2. The summed E-state index contributed by atoms with van der Waals surface area (Å²) in [6.45, 7) is 0. The Morgan fingerprint density at radius 2 is 1.45 bits per heavy atom. The van der Waals surface area contributed by atoms with Gasteiger partial charge in [-0.15, -0.1) is 0 Å². The van der Waals surface area contributed by atoms with Crippen LogP contribution >= 0.6 is 0 Å². The van der Waals surface area contributed by atoms with Gasteiger partial charge in [-0.2, -0.15) is 0 Å². The predicted molar refractivity (Wildman–Crippen MR) is 130 cm³/mol. The molecule has 0 aliphatic rings. The molecule has 0 aromatic heterocycles. The molecule has 0 saturated carbocycles. The first-order valence-corrected chi connectivity index (χ1v) is 10.9. The van der Waals surface area contributed by atoms with Gasteiger partial charge in [0, 0.05) is 5.56 Å². The van der Waals surface area contributed by atoms with Gasteiger partial charge in [-0.25, -0.2) is 0 Å². The van der Waals surface area contributed by atoms with Crippen LogP contribution in [-0.2, 0) is 17.6 Å². The Morgan fingerprint density at radius 3 is 2.21 bits per heavy atom. The van der Waals surface area contributed by atoms with Crippen LogP contribution in [0.1, 0.15) is 27.0 Å². The second-order valence-corrected chi connectivity index (χ2v) is 8.13. The molecule has 5 heteroatoms. The molecule has 0 fully saturated rings. The standard InChI is InChI=1S/C28H26N2O3/c29-27(32)26(31)25(18-19-8-2-1-3-9-19)30-28(33)24-13-7-6-12-23(24)17-20-14-15-21-10-4-5-11-22(21)16-20/h1-16,25-26,31H,17-18H2,(H2,29,32)(H,30,33)/t25?,26-/m0/s1. The van der Waals surface area contributed by atoms with Gasteiger partial charge >= 0.3 is 0 Å². The summed E-state index contributed by atoms with van der Waals surface area (Å²) in [4.78, 5) is 24.9. The van der Waals surface area contributed by atoms with E-state index in [1.807, 2.05) is 54.6 Å². The lowest BCUT2D eigenvalue weighted by molar-refractivity contribution is -0.127. The molecule has 4 aromatic rings. The lowest BCUT2D eigenvalue weighted by Crippen LogP contribution is -2.50. The quantitative estimate of drug-likeness (QED) is 0.392. The number of hydrogen-bond donors (Lipinski definition) is 3. The van der Waals surface area contributed by atoms with E-state index in [-0.39, 0.29) is 12.3 Å². The fraction of sp³-hybridized carbons (Fsp3) is 0.143. The van der Waals surface area contributed by atoms with Crippen LogP contribution in [0, 0.1) is 0 Å². The average molecular weight is 439 g/mol. The van der Waals surface area contributed by atoms with Crippen LogP contribution < -0.4 is 11.1 Å². The third-order valence-electron chi connectivity index (χ3n) is 5.76. The van der Waals surface area contributed by atoms with Gasteiger partial charge in [0.2, 0.25) is 5.91 Å². The number of carbonyl (C=O) groups excluding carboxylic acids is 2. The van der Waals surface area contributed by atoms with E-state index in [1.165, 1.54) is 0 Å². The van der Waals surface area contributed by atoms with Crippen molar-refractivity contribution in [2.75, 3.05) is 0 Å². The third kappa shape index (κ3) is 5.45. The van der Waals surface area contributed by atoms with Crippen molar-refractivity contribution in [3.8, 4) is 0 Å². The fourth-order valence-electron chi connectivity index (χ4n) is 4.02. The Hall–Kier alpha value is -3.96. The largest absolute Gasteiger partial charge is 0.381 e. The van der Waals surface area contributed by atoms with E-state index >= 15 is 0 Å². The van der Waals surface area contributed by atoms with Crippen LogP contribution in [0.15, 0.2) is 97.1 Å². The summed E-state index contributed by atoms with van der Waals surface area (Å²) in [6, 6.07) is 30.3. The average Bonchev–Trinajstić information content (AvgIpc) is 2.84. The number of fused-ring (bicyclic) bond motifs is 1. The van der Waals surface area contributed by atoms with E-state index in [0.717, 1.165) is 27.5 Å². The number of amides is 2. The molecule has 0 heterocycles. The van der Waals surface area contributed by atoms with Crippen LogP contribution in [0.25, 0.3) is 10.8 Å². The Morgan fingerprint density at radius 1 is 0.788 bits per heavy atom. The Labute approximate surface area is 192 Å². The summed E-state index contributed by atoms with van der Waals surface area (Å²) >= 11 is 0. The molecule has 0 aliphatic heterocycles. The minimum Gasteiger partial charge on any atom is -0.381 e. The number of nitrogens with two attached hydrogens (primary N) is 1. The summed E-state index contributed by atoms with van der Waals surface area (Å²) in [6.07, 6.45) is -0.638. The highest BCUT2D eigenvalue weighted by molar-refractivity contribution is 5.96. The van der Waals surface area contributed by atoms with Crippen LogP contribution in [0.4, 0.5) is 0 Å². The molecule has 4 aromatic carbocycles. The number of aliphatic hydroxyl groups is 1. The number of carbonyl (C=O) groups is 2. The van der Waals surface area contributed by atoms with Gasteiger partial charge in [0.25, 0.3) is 5.91 Å². The normalized spacial score (nSPS) is 12.8. The van der Waals surface area contributed by atoms with Gasteiger partial charge < -0.3 is 16.2 Å². The highest BCUT2D eigenvalue weighted by Crippen LogP contribution is 2.20. The highest BCUT2D eigenvalue weighted by Gasteiger charge is 2.27. The van der Waals surface area contributed by atoms with E-state index in [2.05, 4.69) is 35.6 Å². The first kappa shape index (κ1) is 22.2. The lowest BCUT2D eigenvalue weighted by Gasteiger charge is -2.23. The smallest absolute Gasteiger partial charge is 0.251 e. The third-order valence-corrected chi connectivity index (χ3v) is 5.76. The molecule has 33 heavy (non-hydrogen) atoms. The van der Waals surface area contributed by atoms with E-state index in [1.54, 1.807) is 12.1 Å². The molecule has 4 N–H and O–H groups in total. The highest BCUT2D eigenvalue weighted by atomic mass is 16.3. The van der Waals surface area contributed by atoms with Gasteiger partial charge in [-0.1, -0.05) is 91.0 Å². The van der Waals surface area contributed by atoms with Crippen molar-refractivity contribution < 1.29 is 14.7 Å². The second kappa shape index (κ2) is 10.1. The van der Waals surface area contributed by atoms with Crippen molar-refractivity contribution in [2.45, 2.75) is 25.0 Å². The number of hydrogen-bond acceptors (Lipinski definition) is 3. The predicted octanol–water partition coefficient (Wildman–Crippen LogP) is 3.62. The summed E-state index contributed by atoms with van der Waals surface area (Å²) in [5, 5.41) is 15.5. The van der Waals surface area contributed by atoms with E-state index in [9.17, 15) is 14.7 Å². The number of aliphatic hydroxyl groups excluding tert-OH is 1. The minimum absolute atomic E-state index is 0.281. The topological polar surface area (TPSA) is 92.4 Å². The van der Waals surface area contributed by atoms with Crippen molar-refractivity contribution in [3.63, 3.8) is 0 Å². The summed E-state index contributed by atoms with van der Waals surface area (Å²) in [5.74, 6) is -1.23. The molecule has 2 atom stereocenters. The molecule has 4 rings (SSSR count). The maximum Gasteiger partial charge on any atom is 0.251 e. The monoisotopic (exact) mass is 438 g/mol. The maximum atomic E-state index is 13.2. The molecular formula is C28H26N2O3. The number of primary amides is 1. The zero-order valence-electron chi connectivity index (χ0n) is 18.1. The van der Waals surface area contributed by atoms with Crippen LogP contribution in [0.2, 0.25) is 0 Å². The molecule has 0 radical (unpaired) electrons. The van der Waals surface area contributed by atoms with Crippen LogP contribution in [0.3, 0.4) is 0 Å². The molecule has 0 bridgehead atoms.